The first-order chi connectivity index (χ1) is 36.7. The van der Waals surface area contributed by atoms with Gasteiger partial charge in [0.2, 0.25) is 5.91 Å². The summed E-state index contributed by atoms with van der Waals surface area (Å²) >= 11 is 0. The number of hydrogen-bond acceptors (Lipinski definition) is 3. The molecule has 2 unspecified atom stereocenters. The normalized spacial score (nSPS) is 13.6. The summed E-state index contributed by atoms with van der Waals surface area (Å²) in [5, 5.41) is 23.2. The molecular weight excluding hydrogens is 903 g/mol. The lowest BCUT2D eigenvalue weighted by atomic mass is 10.0. The highest BCUT2D eigenvalue weighted by molar-refractivity contribution is 5.76. The van der Waals surface area contributed by atoms with Gasteiger partial charge in [-0.2, -0.15) is 0 Å². The molecule has 4 nitrogen and oxygen atoms in total. The Balaban J connectivity index is 3.61. The Morgan fingerprint density at radius 3 is 0.946 bits per heavy atom. The predicted molar refractivity (Wildman–Crippen MR) is 331 cm³/mol. The number of hydrogen-bond donors (Lipinski definition) is 3. The highest BCUT2D eigenvalue weighted by Crippen LogP contribution is 2.17. The molecular formula is C70H121NO3. The maximum absolute atomic E-state index is 12.5. The molecule has 0 aliphatic carbocycles. The lowest BCUT2D eigenvalue weighted by Crippen LogP contribution is -2.45. The van der Waals surface area contributed by atoms with E-state index in [1.807, 2.05) is 6.08 Å². The molecule has 74 heavy (non-hydrogen) atoms. The minimum absolute atomic E-state index is 0.0922. The number of aliphatic hydroxyl groups is 2. The SMILES string of the molecule is CC/C=C\C/C=C\C/C=C\C/C=C\C/C=C\C/C=C\C/C=C\CCCCCCCCCC(=O)NC(CO)C(O)/C=C/CC/C=C/CC/C=C/CCCCCCCCCCCCCCCCCCCCCCCCC. The highest BCUT2D eigenvalue weighted by Gasteiger charge is 2.18. The monoisotopic (exact) mass is 1020 g/mol. The van der Waals surface area contributed by atoms with Crippen molar-refractivity contribution in [2.75, 3.05) is 6.61 Å². The summed E-state index contributed by atoms with van der Waals surface area (Å²) < 4.78 is 0. The number of carbonyl (C=O) groups excluding carboxylic acids is 1. The van der Waals surface area contributed by atoms with E-state index >= 15 is 0 Å². The Bertz CT molecular complexity index is 1440. The number of nitrogens with one attached hydrogen (secondary N) is 1. The minimum Gasteiger partial charge on any atom is -0.394 e. The zero-order valence-electron chi connectivity index (χ0n) is 48.8. The van der Waals surface area contributed by atoms with Crippen LogP contribution in [0.25, 0.3) is 0 Å². The van der Waals surface area contributed by atoms with Gasteiger partial charge in [0.25, 0.3) is 0 Å². The van der Waals surface area contributed by atoms with Gasteiger partial charge in [0.05, 0.1) is 18.8 Å². The average molecular weight is 1020 g/mol. The molecule has 0 saturated carbocycles. The molecule has 4 heteroatoms. The summed E-state index contributed by atoms with van der Waals surface area (Å²) in [6.45, 7) is 4.19. The molecule has 0 aliphatic rings. The standard InChI is InChI=1S/C70H121NO3/c1-3-5-7-9-11-13-15-17-19-21-23-25-27-29-31-33-34-35-36-38-39-41-43-45-47-49-51-53-55-57-59-61-63-65-69(73)68(67-72)71-70(74)66-64-62-60-58-56-54-52-50-48-46-44-42-40-37-32-30-28-26-24-22-20-18-16-14-12-10-8-6-4-2/h6,8,12,14,18,20,24,26,30,32,40,42,46-49,55,57,63,65,68-69,72-73H,3-5,7,9-11,13,15-17,19,21-23,25,27-29,31,33-39,41,43-45,50-54,56,58-62,64,66-67H2,1-2H3,(H,71,74)/b8-6-,14-12-,20-18-,26-24-,32-30-,42-40-,48-46-,49-47+,57-55+,65-63+. The fourth-order valence-corrected chi connectivity index (χ4v) is 9.13. The van der Waals surface area contributed by atoms with Crippen LogP contribution in [-0.4, -0.2) is 34.9 Å². The molecule has 0 aromatic carbocycles. The van der Waals surface area contributed by atoms with E-state index in [9.17, 15) is 15.0 Å². The molecule has 0 spiro atoms. The smallest absolute Gasteiger partial charge is 0.220 e. The molecule has 0 aliphatic heterocycles. The first-order valence-corrected chi connectivity index (χ1v) is 31.7. The Morgan fingerprint density at radius 1 is 0.338 bits per heavy atom. The number of carbonyl (C=O) groups is 1. The van der Waals surface area contributed by atoms with Crippen LogP contribution in [0.4, 0.5) is 0 Å². The number of unbranched alkanes of at least 4 members (excludes halogenated alkanes) is 32. The number of rotatable bonds is 57. The van der Waals surface area contributed by atoms with E-state index in [4.69, 9.17) is 0 Å². The van der Waals surface area contributed by atoms with Gasteiger partial charge in [-0.1, -0.05) is 309 Å². The number of aliphatic hydroxyl groups excluding tert-OH is 2. The molecule has 0 heterocycles. The van der Waals surface area contributed by atoms with Crippen molar-refractivity contribution >= 4 is 5.91 Å². The average Bonchev–Trinajstić information content (AvgIpc) is 3.40. The van der Waals surface area contributed by atoms with Crippen LogP contribution >= 0.6 is 0 Å². The highest BCUT2D eigenvalue weighted by atomic mass is 16.3. The summed E-state index contributed by atoms with van der Waals surface area (Å²) in [6.07, 6.45) is 98.2. The number of allylic oxidation sites excluding steroid dienone is 19. The Labute approximate surface area is 460 Å². The maximum atomic E-state index is 12.5. The van der Waals surface area contributed by atoms with Crippen molar-refractivity contribution in [3.05, 3.63) is 122 Å². The molecule has 0 fully saturated rings. The second kappa shape index (κ2) is 64.1. The first kappa shape index (κ1) is 70.8. The van der Waals surface area contributed by atoms with Gasteiger partial charge >= 0.3 is 0 Å². The van der Waals surface area contributed by atoms with Crippen LogP contribution in [0.2, 0.25) is 0 Å². The van der Waals surface area contributed by atoms with Gasteiger partial charge in [0.15, 0.2) is 0 Å². The van der Waals surface area contributed by atoms with E-state index < -0.39 is 12.1 Å². The molecule has 0 aromatic heterocycles. The van der Waals surface area contributed by atoms with Crippen LogP contribution in [0.15, 0.2) is 122 Å². The van der Waals surface area contributed by atoms with E-state index in [-0.39, 0.29) is 12.5 Å². The van der Waals surface area contributed by atoms with Crippen molar-refractivity contribution in [3.63, 3.8) is 0 Å². The quantitative estimate of drug-likeness (QED) is 0.0420. The summed E-state index contributed by atoms with van der Waals surface area (Å²) in [5.41, 5.74) is 0. The van der Waals surface area contributed by atoms with Crippen LogP contribution in [0.1, 0.15) is 296 Å². The predicted octanol–water partition coefficient (Wildman–Crippen LogP) is 21.6. The molecule has 0 saturated heterocycles. The minimum atomic E-state index is -0.886. The largest absolute Gasteiger partial charge is 0.394 e. The molecule has 3 N–H and O–H groups in total. The van der Waals surface area contributed by atoms with Crippen LogP contribution in [0.3, 0.4) is 0 Å². The fourth-order valence-electron chi connectivity index (χ4n) is 9.13. The van der Waals surface area contributed by atoms with Crippen molar-refractivity contribution in [2.45, 2.75) is 309 Å². The Morgan fingerprint density at radius 2 is 0.608 bits per heavy atom. The van der Waals surface area contributed by atoms with Crippen LogP contribution in [0.5, 0.6) is 0 Å². The van der Waals surface area contributed by atoms with Crippen molar-refractivity contribution in [3.8, 4) is 0 Å². The van der Waals surface area contributed by atoms with Crippen molar-refractivity contribution in [1.29, 1.82) is 0 Å². The fraction of sp³-hybridized carbons (Fsp3) is 0.700. The van der Waals surface area contributed by atoms with Crippen LogP contribution < -0.4 is 5.32 Å². The van der Waals surface area contributed by atoms with Crippen molar-refractivity contribution < 1.29 is 15.0 Å². The summed E-state index contributed by atoms with van der Waals surface area (Å²) in [6, 6.07) is -0.663. The summed E-state index contributed by atoms with van der Waals surface area (Å²) in [4.78, 5) is 12.5. The third-order valence-electron chi connectivity index (χ3n) is 13.9. The molecule has 0 aromatic rings. The van der Waals surface area contributed by atoms with Gasteiger partial charge in [0.1, 0.15) is 0 Å². The van der Waals surface area contributed by atoms with Gasteiger partial charge in [-0.15, -0.1) is 0 Å². The zero-order chi connectivity index (χ0) is 53.4. The van der Waals surface area contributed by atoms with Gasteiger partial charge < -0.3 is 15.5 Å². The van der Waals surface area contributed by atoms with Gasteiger partial charge in [-0.3, -0.25) is 4.79 Å². The number of amides is 1. The van der Waals surface area contributed by atoms with Crippen LogP contribution in [-0.2, 0) is 4.79 Å². The summed E-state index contributed by atoms with van der Waals surface area (Å²) in [7, 11) is 0. The molecule has 0 rings (SSSR count). The second-order valence-electron chi connectivity index (χ2n) is 21.1. The molecule has 2 atom stereocenters. The van der Waals surface area contributed by atoms with Gasteiger partial charge in [-0.05, 0) is 103 Å². The molecule has 0 radical (unpaired) electrons. The Kier molecular flexibility index (Phi) is 61.3. The summed E-state index contributed by atoms with van der Waals surface area (Å²) in [5.74, 6) is -0.0922. The first-order valence-electron chi connectivity index (χ1n) is 31.7. The maximum Gasteiger partial charge on any atom is 0.220 e. The van der Waals surface area contributed by atoms with E-state index in [0.29, 0.717) is 6.42 Å². The lowest BCUT2D eigenvalue weighted by molar-refractivity contribution is -0.123. The topological polar surface area (TPSA) is 69.6 Å². The van der Waals surface area contributed by atoms with Gasteiger partial charge in [-0.25, -0.2) is 0 Å². The lowest BCUT2D eigenvalue weighted by Gasteiger charge is -2.19. The zero-order valence-corrected chi connectivity index (χ0v) is 48.8. The van der Waals surface area contributed by atoms with E-state index in [2.05, 4.69) is 129 Å². The molecule has 0 bridgehead atoms. The second-order valence-corrected chi connectivity index (χ2v) is 21.1. The van der Waals surface area contributed by atoms with Gasteiger partial charge in [0, 0.05) is 6.42 Å². The van der Waals surface area contributed by atoms with E-state index in [1.165, 1.54) is 180 Å². The van der Waals surface area contributed by atoms with Crippen molar-refractivity contribution in [2.24, 2.45) is 0 Å². The van der Waals surface area contributed by atoms with Crippen LogP contribution in [0, 0.1) is 0 Å². The third kappa shape index (κ3) is 59.7. The van der Waals surface area contributed by atoms with E-state index in [0.717, 1.165) is 96.3 Å². The molecule has 424 valence electrons. The van der Waals surface area contributed by atoms with Crippen molar-refractivity contribution in [1.82, 2.24) is 5.32 Å². The molecule has 1 amide bonds. The third-order valence-corrected chi connectivity index (χ3v) is 13.9. The Hall–Kier alpha value is -3.21. The van der Waals surface area contributed by atoms with E-state index in [1.54, 1.807) is 6.08 Å².